The minimum atomic E-state index is -4.84. The zero-order valence-electron chi connectivity index (χ0n) is 18.4. The first-order valence-electron chi connectivity index (χ1n) is 11.2. The van der Waals surface area contributed by atoms with E-state index in [0.717, 1.165) is 47.5 Å². The Morgan fingerprint density at radius 3 is 2.56 bits per heavy atom. The van der Waals surface area contributed by atoms with Gasteiger partial charge < -0.3 is 5.11 Å². The van der Waals surface area contributed by atoms with Crippen LogP contribution >= 0.6 is 0 Å². The van der Waals surface area contributed by atoms with E-state index in [1.807, 2.05) is 13.0 Å². The molecule has 0 bridgehead atoms. The smallest absolute Gasteiger partial charge is 0.388 e. The molecule has 1 aromatic heterocycles. The molecular formula is C26H23F5N2O. The summed E-state index contributed by atoms with van der Waals surface area (Å²) in [4.78, 5) is 0. The van der Waals surface area contributed by atoms with Gasteiger partial charge in [-0.15, -0.1) is 0 Å². The van der Waals surface area contributed by atoms with Crippen LogP contribution in [0.3, 0.4) is 0 Å². The zero-order valence-corrected chi connectivity index (χ0v) is 18.4. The third-order valence-electron chi connectivity index (χ3n) is 7.36. The first-order chi connectivity index (χ1) is 16.1. The lowest BCUT2D eigenvalue weighted by Crippen LogP contribution is -2.40. The van der Waals surface area contributed by atoms with Crippen LogP contribution in [0.2, 0.25) is 0 Å². The number of hydrogen-bond acceptors (Lipinski definition) is 2. The molecule has 1 saturated carbocycles. The van der Waals surface area contributed by atoms with E-state index in [4.69, 9.17) is 0 Å². The van der Waals surface area contributed by atoms with Gasteiger partial charge in [0.15, 0.2) is 0 Å². The predicted octanol–water partition coefficient (Wildman–Crippen LogP) is 6.65. The Morgan fingerprint density at radius 2 is 1.85 bits per heavy atom. The van der Waals surface area contributed by atoms with Gasteiger partial charge in [0, 0.05) is 0 Å². The maximum Gasteiger partial charge on any atom is 0.419 e. The second kappa shape index (κ2) is 8.05. The Labute approximate surface area is 193 Å². The Kier molecular flexibility index (Phi) is 5.39. The van der Waals surface area contributed by atoms with Gasteiger partial charge in [-0.2, -0.15) is 18.3 Å². The summed E-state index contributed by atoms with van der Waals surface area (Å²) >= 11 is 0. The second-order valence-corrected chi connectivity index (χ2v) is 9.39. The van der Waals surface area contributed by atoms with Gasteiger partial charge in [-0.1, -0.05) is 18.6 Å². The molecule has 2 aliphatic rings. The van der Waals surface area contributed by atoms with Crippen LogP contribution < -0.4 is 0 Å². The van der Waals surface area contributed by atoms with Crippen molar-refractivity contribution in [1.29, 1.82) is 0 Å². The Hall–Kier alpha value is -3.00. The third-order valence-corrected chi connectivity index (χ3v) is 7.36. The van der Waals surface area contributed by atoms with Crippen LogP contribution in [0.25, 0.3) is 11.8 Å². The molecule has 0 saturated heterocycles. The maximum absolute atomic E-state index is 13.8. The highest BCUT2D eigenvalue weighted by Crippen LogP contribution is 2.55. The molecule has 1 fully saturated rings. The van der Waals surface area contributed by atoms with Crippen LogP contribution in [-0.4, -0.2) is 14.9 Å². The van der Waals surface area contributed by atoms with E-state index < -0.39 is 29.1 Å². The Bertz CT molecular complexity index is 1260. The van der Waals surface area contributed by atoms with Gasteiger partial charge >= 0.3 is 6.18 Å². The number of benzene rings is 2. The predicted molar refractivity (Wildman–Crippen MR) is 117 cm³/mol. The molecule has 0 radical (unpaired) electrons. The minimum Gasteiger partial charge on any atom is -0.388 e. The van der Waals surface area contributed by atoms with E-state index in [9.17, 15) is 27.1 Å². The van der Waals surface area contributed by atoms with Gasteiger partial charge in [-0.05, 0) is 90.6 Å². The van der Waals surface area contributed by atoms with Crippen LogP contribution in [-0.2, 0) is 12.6 Å². The molecule has 3 aromatic rings. The Balaban J connectivity index is 1.50. The molecule has 0 spiro atoms. The minimum absolute atomic E-state index is 0.0639. The van der Waals surface area contributed by atoms with E-state index >= 15 is 0 Å². The van der Waals surface area contributed by atoms with Crippen molar-refractivity contribution in [2.24, 2.45) is 11.3 Å². The lowest BCUT2D eigenvalue weighted by molar-refractivity contribution is -0.140. The van der Waals surface area contributed by atoms with Crippen LogP contribution in [0.1, 0.15) is 54.7 Å². The van der Waals surface area contributed by atoms with Crippen molar-refractivity contribution in [1.82, 2.24) is 9.78 Å². The fourth-order valence-electron chi connectivity index (χ4n) is 5.55. The molecule has 5 rings (SSSR count). The number of fused-ring (bicyclic) bond motifs is 2. The summed E-state index contributed by atoms with van der Waals surface area (Å²) in [6.07, 6.45) is 0.537. The molecule has 34 heavy (non-hydrogen) atoms. The molecule has 1 N–H and O–H groups in total. The van der Waals surface area contributed by atoms with Crippen LogP contribution in [0.5, 0.6) is 0 Å². The average molecular weight is 474 g/mol. The van der Waals surface area contributed by atoms with Crippen molar-refractivity contribution >= 4 is 6.08 Å². The van der Waals surface area contributed by atoms with E-state index in [1.54, 1.807) is 23.0 Å². The fourth-order valence-corrected chi connectivity index (χ4v) is 5.55. The van der Waals surface area contributed by atoms with Gasteiger partial charge in [-0.3, -0.25) is 0 Å². The molecule has 1 heterocycles. The molecule has 3 nitrogen and oxygen atoms in total. The first kappa shape index (κ1) is 22.8. The maximum atomic E-state index is 13.8. The van der Waals surface area contributed by atoms with E-state index in [-0.39, 0.29) is 17.3 Å². The van der Waals surface area contributed by atoms with Crippen LogP contribution in [0.15, 0.2) is 54.2 Å². The normalized spacial score (nSPS) is 23.1. The molecule has 0 aliphatic heterocycles. The summed E-state index contributed by atoms with van der Waals surface area (Å²) < 4.78 is 68.7. The molecular weight excluding hydrogens is 451 g/mol. The SMILES string of the molecule is C[C@]12Cc3cnn(-c4ccc(F)cc4)c3C=C1CCC[C@@H]2[C@@H](O)c1ccc(F)c(C(F)(F)F)c1. The van der Waals surface area contributed by atoms with Crippen molar-refractivity contribution in [3.05, 3.63) is 88.3 Å². The van der Waals surface area contributed by atoms with Crippen LogP contribution in [0, 0.1) is 23.0 Å². The number of rotatable bonds is 3. The monoisotopic (exact) mass is 474 g/mol. The van der Waals surface area contributed by atoms with Crippen LogP contribution in [0.4, 0.5) is 22.0 Å². The van der Waals surface area contributed by atoms with E-state index in [0.29, 0.717) is 12.8 Å². The lowest BCUT2D eigenvalue weighted by atomic mass is 9.57. The number of aliphatic hydroxyl groups is 1. The number of alkyl halides is 3. The summed E-state index contributed by atoms with van der Waals surface area (Å²) in [5, 5.41) is 15.7. The van der Waals surface area contributed by atoms with E-state index in [2.05, 4.69) is 5.10 Å². The number of aliphatic hydroxyl groups excluding tert-OH is 1. The van der Waals surface area contributed by atoms with Gasteiger partial charge in [0.05, 0.1) is 29.2 Å². The van der Waals surface area contributed by atoms with Gasteiger partial charge in [0.1, 0.15) is 11.6 Å². The number of nitrogens with zero attached hydrogens (tertiary/aromatic N) is 2. The molecule has 3 atom stereocenters. The second-order valence-electron chi connectivity index (χ2n) is 9.39. The van der Waals surface area contributed by atoms with Crippen molar-refractivity contribution in [2.45, 2.75) is 44.9 Å². The number of hydrogen-bond donors (Lipinski definition) is 1. The topological polar surface area (TPSA) is 38.0 Å². The Morgan fingerprint density at radius 1 is 1.12 bits per heavy atom. The summed E-state index contributed by atoms with van der Waals surface area (Å²) in [5.41, 5.74) is 1.86. The van der Waals surface area contributed by atoms with Crippen molar-refractivity contribution in [3.63, 3.8) is 0 Å². The van der Waals surface area contributed by atoms with Crippen molar-refractivity contribution in [3.8, 4) is 5.69 Å². The van der Waals surface area contributed by atoms with Gasteiger partial charge in [0.2, 0.25) is 0 Å². The summed E-state index contributed by atoms with van der Waals surface area (Å²) in [6, 6.07) is 8.77. The van der Waals surface area contributed by atoms with Crippen molar-refractivity contribution < 1.29 is 27.1 Å². The zero-order chi connectivity index (χ0) is 24.3. The summed E-state index contributed by atoms with van der Waals surface area (Å²) in [7, 11) is 0. The average Bonchev–Trinajstić information content (AvgIpc) is 3.18. The summed E-state index contributed by atoms with van der Waals surface area (Å²) in [6.45, 7) is 2.03. The van der Waals surface area contributed by atoms with E-state index in [1.165, 1.54) is 18.2 Å². The molecule has 0 amide bonds. The fraction of sp³-hybridized carbons (Fsp3) is 0.346. The quantitative estimate of drug-likeness (QED) is 0.432. The molecule has 0 unspecified atom stereocenters. The third kappa shape index (κ3) is 3.74. The first-order valence-corrected chi connectivity index (χ1v) is 11.2. The molecule has 2 aromatic carbocycles. The molecule has 2 aliphatic carbocycles. The highest BCUT2D eigenvalue weighted by molar-refractivity contribution is 5.61. The number of allylic oxidation sites excluding steroid dienone is 1. The molecule has 178 valence electrons. The largest absolute Gasteiger partial charge is 0.419 e. The summed E-state index contributed by atoms with van der Waals surface area (Å²) in [5.74, 6) is -2.04. The number of halogens is 5. The standard InChI is InChI=1S/C26H23F5N2O/c1-25-13-16-14-32-33(19-8-6-18(27)7-9-19)23(16)12-17(25)3-2-4-20(25)24(34)15-5-10-22(28)21(11-15)26(29,30)31/h5-12,14,20,24,34H,2-4,13H2,1H3/t20-,24+,25+/m1/s1. The van der Waals surface area contributed by atoms with Crippen molar-refractivity contribution in [2.75, 3.05) is 0 Å². The van der Waals surface area contributed by atoms with Gasteiger partial charge in [-0.25, -0.2) is 13.5 Å². The highest BCUT2D eigenvalue weighted by Gasteiger charge is 2.47. The lowest BCUT2D eigenvalue weighted by Gasteiger charge is -2.47. The number of aromatic nitrogens is 2. The molecule has 8 heteroatoms. The van der Waals surface area contributed by atoms with Gasteiger partial charge in [0.25, 0.3) is 0 Å². The highest BCUT2D eigenvalue weighted by atomic mass is 19.4.